The van der Waals surface area contributed by atoms with Crippen LogP contribution in [0.1, 0.15) is 34.8 Å². The summed E-state index contributed by atoms with van der Waals surface area (Å²) in [6.45, 7) is 4.26. The van der Waals surface area contributed by atoms with Crippen molar-refractivity contribution in [1.29, 1.82) is 0 Å². The Morgan fingerprint density at radius 3 is 3.04 bits per heavy atom. The molecule has 0 bridgehead atoms. The Hall–Kier alpha value is -2.41. The molecule has 1 aromatic heterocycles. The molecule has 120 valence electrons. The van der Waals surface area contributed by atoms with Crippen LogP contribution < -0.4 is 16.0 Å². The number of nitrogens with zero attached hydrogens (tertiary/aromatic N) is 1. The largest absolute Gasteiger partial charge is 0.332 e. The minimum atomic E-state index is -0.238. The number of aromatic nitrogens is 1. The van der Waals surface area contributed by atoms with Crippen molar-refractivity contribution in [3.63, 3.8) is 0 Å². The maximum atomic E-state index is 12.0. The number of anilines is 1. The minimum Gasteiger partial charge on any atom is -0.332 e. The maximum absolute atomic E-state index is 12.0. The van der Waals surface area contributed by atoms with Gasteiger partial charge < -0.3 is 16.0 Å². The Kier molecular flexibility index (Phi) is 4.29. The highest BCUT2D eigenvalue weighted by molar-refractivity contribution is 7.09. The Balaban J connectivity index is 1.56. The molecular weight excluding hydrogens is 312 g/mol. The second kappa shape index (κ2) is 6.37. The number of aryl methyl sites for hydroxylation is 1. The van der Waals surface area contributed by atoms with Crippen molar-refractivity contribution < 1.29 is 9.59 Å². The van der Waals surface area contributed by atoms with Crippen molar-refractivity contribution in [3.05, 3.63) is 45.4 Å². The lowest BCUT2D eigenvalue weighted by Crippen LogP contribution is -2.36. The molecule has 0 saturated carbocycles. The summed E-state index contributed by atoms with van der Waals surface area (Å²) in [5.74, 6) is 0.00839. The van der Waals surface area contributed by atoms with Gasteiger partial charge in [0.05, 0.1) is 29.7 Å². The summed E-state index contributed by atoms with van der Waals surface area (Å²) in [5.41, 5.74) is 3.66. The lowest BCUT2D eigenvalue weighted by molar-refractivity contribution is -0.115. The van der Waals surface area contributed by atoms with E-state index in [4.69, 9.17) is 0 Å². The average Bonchev–Trinajstić information content (AvgIpc) is 3.08. The van der Waals surface area contributed by atoms with Crippen LogP contribution in [0.5, 0.6) is 0 Å². The number of hydrogen-bond acceptors (Lipinski definition) is 4. The van der Waals surface area contributed by atoms with Crippen LogP contribution in [0.25, 0.3) is 0 Å². The minimum absolute atomic E-state index is 0.00839. The van der Waals surface area contributed by atoms with Gasteiger partial charge in [-0.1, -0.05) is 12.1 Å². The quantitative estimate of drug-likeness (QED) is 0.805. The first-order valence-electron chi connectivity index (χ1n) is 7.39. The Morgan fingerprint density at radius 1 is 1.48 bits per heavy atom. The van der Waals surface area contributed by atoms with E-state index in [9.17, 15) is 9.59 Å². The van der Waals surface area contributed by atoms with Gasteiger partial charge in [0, 0.05) is 11.1 Å². The molecule has 7 heteroatoms. The van der Waals surface area contributed by atoms with Crippen molar-refractivity contribution >= 4 is 29.0 Å². The number of fused-ring (bicyclic) bond motifs is 1. The summed E-state index contributed by atoms with van der Waals surface area (Å²) in [5, 5.41) is 11.4. The highest BCUT2D eigenvalue weighted by Crippen LogP contribution is 2.26. The average molecular weight is 330 g/mol. The lowest BCUT2D eigenvalue weighted by atomic mass is 10.0. The van der Waals surface area contributed by atoms with Gasteiger partial charge in [-0.05, 0) is 31.0 Å². The number of hydrogen-bond donors (Lipinski definition) is 3. The Labute approximate surface area is 138 Å². The van der Waals surface area contributed by atoms with Crippen molar-refractivity contribution in [2.24, 2.45) is 0 Å². The molecule has 1 aliphatic heterocycles. The molecule has 6 nitrogen and oxygen atoms in total. The molecule has 1 aromatic carbocycles. The van der Waals surface area contributed by atoms with E-state index in [-0.39, 0.29) is 18.0 Å². The zero-order valence-electron chi connectivity index (χ0n) is 13.0. The first-order chi connectivity index (χ1) is 11.0. The standard InChI is InChI=1S/C16H18N4O2S/c1-9(11-3-4-14-12(5-11)6-15(21)20-14)18-16(22)17-7-13-8-23-10(2)19-13/h3-5,8-9H,6-7H2,1-2H3,(H,20,21)(H2,17,18,22)/t9-/m1/s1. The third kappa shape index (κ3) is 3.68. The van der Waals surface area contributed by atoms with E-state index in [1.54, 1.807) is 11.3 Å². The Bertz CT molecular complexity index is 756. The van der Waals surface area contributed by atoms with Gasteiger partial charge in [0.15, 0.2) is 0 Å². The second-order valence-corrected chi connectivity index (χ2v) is 6.61. The predicted molar refractivity (Wildman–Crippen MR) is 89.4 cm³/mol. The molecule has 0 aliphatic carbocycles. The number of nitrogens with one attached hydrogen (secondary N) is 3. The summed E-state index contributed by atoms with van der Waals surface area (Å²) < 4.78 is 0. The van der Waals surface area contributed by atoms with Crippen molar-refractivity contribution in [1.82, 2.24) is 15.6 Å². The molecule has 2 aromatic rings. The van der Waals surface area contributed by atoms with Crippen LogP contribution in [-0.2, 0) is 17.8 Å². The van der Waals surface area contributed by atoms with E-state index in [0.717, 1.165) is 27.5 Å². The molecule has 3 amide bonds. The summed E-state index contributed by atoms with van der Waals surface area (Å²) in [6.07, 6.45) is 0.394. The summed E-state index contributed by atoms with van der Waals surface area (Å²) in [6, 6.07) is 5.37. The van der Waals surface area contributed by atoms with Crippen LogP contribution in [0.3, 0.4) is 0 Å². The van der Waals surface area contributed by atoms with E-state index >= 15 is 0 Å². The van der Waals surface area contributed by atoms with Gasteiger partial charge >= 0.3 is 6.03 Å². The first-order valence-corrected chi connectivity index (χ1v) is 8.27. The second-order valence-electron chi connectivity index (χ2n) is 5.55. The van der Waals surface area contributed by atoms with E-state index in [0.29, 0.717) is 13.0 Å². The van der Waals surface area contributed by atoms with Crippen LogP contribution in [0.4, 0.5) is 10.5 Å². The fourth-order valence-electron chi connectivity index (χ4n) is 2.51. The molecule has 0 unspecified atom stereocenters. The predicted octanol–water partition coefficient (Wildman–Crippen LogP) is 2.51. The highest BCUT2D eigenvalue weighted by Gasteiger charge is 2.19. The number of thiazole rings is 1. The van der Waals surface area contributed by atoms with Crippen molar-refractivity contribution in [2.75, 3.05) is 5.32 Å². The third-order valence-corrected chi connectivity index (χ3v) is 4.52. The van der Waals surface area contributed by atoms with Crippen molar-refractivity contribution in [3.8, 4) is 0 Å². The number of amides is 3. The third-order valence-electron chi connectivity index (χ3n) is 3.70. The van der Waals surface area contributed by atoms with Crippen molar-refractivity contribution in [2.45, 2.75) is 32.9 Å². The summed E-state index contributed by atoms with van der Waals surface area (Å²) in [7, 11) is 0. The number of rotatable bonds is 4. The van der Waals surface area contributed by atoms with Crippen LogP contribution in [-0.4, -0.2) is 16.9 Å². The van der Waals surface area contributed by atoms with E-state index in [1.165, 1.54) is 0 Å². The van der Waals surface area contributed by atoms with Crippen LogP contribution in [0.2, 0.25) is 0 Å². The zero-order chi connectivity index (χ0) is 16.4. The molecule has 0 fully saturated rings. The molecule has 0 radical (unpaired) electrons. The Morgan fingerprint density at radius 2 is 2.30 bits per heavy atom. The molecule has 23 heavy (non-hydrogen) atoms. The maximum Gasteiger partial charge on any atom is 0.315 e. The van der Waals surface area contributed by atoms with Gasteiger partial charge in [-0.25, -0.2) is 9.78 Å². The molecule has 0 spiro atoms. The molecule has 3 rings (SSSR count). The number of carbonyl (C=O) groups excluding carboxylic acids is 2. The smallest absolute Gasteiger partial charge is 0.315 e. The molecular formula is C16H18N4O2S. The summed E-state index contributed by atoms with van der Waals surface area (Å²) >= 11 is 1.56. The van der Waals surface area contributed by atoms with E-state index < -0.39 is 0 Å². The van der Waals surface area contributed by atoms with Gasteiger partial charge in [-0.3, -0.25) is 4.79 Å². The van der Waals surface area contributed by atoms with Gasteiger partial charge in [0.25, 0.3) is 0 Å². The van der Waals surface area contributed by atoms with Gasteiger partial charge in [0.1, 0.15) is 0 Å². The SMILES string of the molecule is Cc1nc(CNC(=O)N[C@H](C)c2ccc3c(c2)CC(=O)N3)cs1. The zero-order valence-corrected chi connectivity index (χ0v) is 13.8. The van der Waals surface area contributed by atoms with Gasteiger partial charge in [0.2, 0.25) is 5.91 Å². The van der Waals surface area contributed by atoms with E-state index in [1.807, 2.05) is 37.4 Å². The van der Waals surface area contributed by atoms with Crippen LogP contribution in [0, 0.1) is 6.92 Å². The molecule has 0 saturated heterocycles. The normalized spacial score (nSPS) is 14.1. The molecule has 3 N–H and O–H groups in total. The molecule has 2 heterocycles. The number of benzene rings is 1. The molecule has 1 aliphatic rings. The van der Waals surface area contributed by atoms with E-state index in [2.05, 4.69) is 20.9 Å². The number of carbonyl (C=O) groups is 2. The number of urea groups is 1. The summed E-state index contributed by atoms with van der Waals surface area (Å²) in [4.78, 5) is 27.7. The first kappa shape index (κ1) is 15.5. The topological polar surface area (TPSA) is 83.1 Å². The monoisotopic (exact) mass is 330 g/mol. The van der Waals surface area contributed by atoms with Crippen LogP contribution >= 0.6 is 11.3 Å². The molecule has 1 atom stereocenters. The fourth-order valence-corrected chi connectivity index (χ4v) is 3.12. The lowest BCUT2D eigenvalue weighted by Gasteiger charge is -2.15. The fraction of sp³-hybridized carbons (Fsp3) is 0.312. The van der Waals surface area contributed by atoms with Gasteiger partial charge in [-0.15, -0.1) is 11.3 Å². The van der Waals surface area contributed by atoms with Gasteiger partial charge in [-0.2, -0.15) is 0 Å². The highest BCUT2D eigenvalue weighted by atomic mass is 32.1. The van der Waals surface area contributed by atoms with Crippen LogP contribution in [0.15, 0.2) is 23.6 Å².